The van der Waals surface area contributed by atoms with Gasteiger partial charge in [0.2, 0.25) is 0 Å². The molecular formula is C7H14F3N. The van der Waals surface area contributed by atoms with Gasteiger partial charge < -0.3 is 0 Å². The predicted molar refractivity (Wildman–Crippen MR) is 38.4 cm³/mol. The van der Waals surface area contributed by atoms with E-state index in [2.05, 4.69) is 0 Å². The summed E-state index contributed by atoms with van der Waals surface area (Å²) in [4.78, 5) is 1.38. The van der Waals surface area contributed by atoms with E-state index in [1.807, 2.05) is 0 Å². The van der Waals surface area contributed by atoms with Crippen LogP contribution in [0.2, 0.25) is 0 Å². The van der Waals surface area contributed by atoms with E-state index < -0.39 is 12.2 Å². The summed E-state index contributed by atoms with van der Waals surface area (Å²) < 4.78 is 36.1. The molecule has 0 saturated heterocycles. The Hall–Kier alpha value is -0.250. The van der Waals surface area contributed by atoms with Crippen molar-refractivity contribution >= 4 is 0 Å². The van der Waals surface area contributed by atoms with Crippen molar-refractivity contribution in [3.8, 4) is 0 Å². The normalized spacial score (nSPS) is 15.5. The number of rotatable bonds is 3. The van der Waals surface area contributed by atoms with E-state index in [-0.39, 0.29) is 0 Å². The lowest BCUT2D eigenvalue weighted by atomic mass is 10.3. The Labute approximate surface area is 65.2 Å². The molecule has 0 aromatic carbocycles. The van der Waals surface area contributed by atoms with Gasteiger partial charge in [0.1, 0.15) is 6.04 Å². The standard InChI is InChI=1S/C7H14F3N/c1-4-11(5-2)6(3)7(8,9)10/h6H,4-5H2,1-3H3. The third-order valence-corrected chi connectivity index (χ3v) is 1.83. The molecule has 0 saturated carbocycles. The summed E-state index contributed by atoms with van der Waals surface area (Å²) in [5, 5.41) is 0. The number of alkyl halides is 3. The summed E-state index contributed by atoms with van der Waals surface area (Å²) in [6.45, 7) is 5.53. The third kappa shape index (κ3) is 3.10. The Kier molecular flexibility index (Phi) is 3.86. The summed E-state index contributed by atoms with van der Waals surface area (Å²) >= 11 is 0. The van der Waals surface area contributed by atoms with Crippen molar-refractivity contribution in [1.29, 1.82) is 0 Å². The van der Waals surface area contributed by atoms with Crippen molar-refractivity contribution in [2.75, 3.05) is 13.1 Å². The maximum Gasteiger partial charge on any atom is 0.403 e. The topological polar surface area (TPSA) is 3.24 Å². The minimum atomic E-state index is -4.09. The Balaban J connectivity index is 4.09. The molecule has 0 rings (SSSR count). The summed E-state index contributed by atoms with van der Waals surface area (Å²) in [7, 11) is 0. The maximum atomic E-state index is 12.0. The van der Waals surface area contributed by atoms with Gasteiger partial charge in [0.05, 0.1) is 0 Å². The fourth-order valence-electron chi connectivity index (χ4n) is 0.978. The molecule has 1 atom stereocenters. The Morgan fingerprint density at radius 3 is 1.64 bits per heavy atom. The molecule has 68 valence electrons. The highest BCUT2D eigenvalue weighted by Gasteiger charge is 2.38. The quantitative estimate of drug-likeness (QED) is 0.626. The zero-order chi connectivity index (χ0) is 9.07. The van der Waals surface area contributed by atoms with Crippen LogP contribution < -0.4 is 0 Å². The van der Waals surface area contributed by atoms with E-state index in [4.69, 9.17) is 0 Å². The van der Waals surface area contributed by atoms with Crippen LogP contribution in [0, 0.1) is 0 Å². The van der Waals surface area contributed by atoms with Gasteiger partial charge in [0.25, 0.3) is 0 Å². The second-order valence-electron chi connectivity index (χ2n) is 2.44. The van der Waals surface area contributed by atoms with Crippen molar-refractivity contribution in [3.05, 3.63) is 0 Å². The van der Waals surface area contributed by atoms with E-state index in [9.17, 15) is 13.2 Å². The van der Waals surface area contributed by atoms with Crippen LogP contribution >= 0.6 is 0 Å². The van der Waals surface area contributed by atoms with Crippen LogP contribution in [0.1, 0.15) is 20.8 Å². The van der Waals surface area contributed by atoms with Crippen LogP contribution in [0.3, 0.4) is 0 Å². The molecule has 0 N–H and O–H groups in total. The molecule has 0 fully saturated rings. The fourth-order valence-corrected chi connectivity index (χ4v) is 0.978. The first-order valence-electron chi connectivity index (χ1n) is 3.74. The fraction of sp³-hybridized carbons (Fsp3) is 1.00. The van der Waals surface area contributed by atoms with Crippen molar-refractivity contribution in [2.24, 2.45) is 0 Å². The number of hydrogen-bond donors (Lipinski definition) is 0. The predicted octanol–water partition coefficient (Wildman–Crippen LogP) is 2.28. The van der Waals surface area contributed by atoms with Gasteiger partial charge in [-0.2, -0.15) is 13.2 Å². The molecule has 0 bridgehead atoms. The first-order chi connectivity index (χ1) is 4.93. The SMILES string of the molecule is CCN(CC)C(C)C(F)(F)F. The molecule has 0 aliphatic carbocycles. The minimum absolute atomic E-state index is 0.442. The molecule has 1 nitrogen and oxygen atoms in total. The highest BCUT2D eigenvalue weighted by atomic mass is 19.4. The van der Waals surface area contributed by atoms with Crippen LogP contribution in [0.15, 0.2) is 0 Å². The smallest absolute Gasteiger partial charge is 0.293 e. The molecular weight excluding hydrogens is 155 g/mol. The summed E-state index contributed by atoms with van der Waals surface area (Å²) in [5.41, 5.74) is 0. The molecule has 0 spiro atoms. The largest absolute Gasteiger partial charge is 0.403 e. The Morgan fingerprint density at radius 1 is 1.18 bits per heavy atom. The van der Waals surface area contributed by atoms with E-state index >= 15 is 0 Å². The molecule has 1 unspecified atom stereocenters. The molecule has 4 heteroatoms. The molecule has 0 aromatic heterocycles. The molecule has 0 radical (unpaired) electrons. The summed E-state index contributed by atoms with van der Waals surface area (Å²) in [6.07, 6.45) is -4.09. The third-order valence-electron chi connectivity index (χ3n) is 1.83. The second kappa shape index (κ2) is 3.95. The molecule has 11 heavy (non-hydrogen) atoms. The van der Waals surface area contributed by atoms with Gasteiger partial charge in [0.15, 0.2) is 0 Å². The van der Waals surface area contributed by atoms with Crippen LogP contribution in [-0.4, -0.2) is 30.2 Å². The van der Waals surface area contributed by atoms with Crippen molar-refractivity contribution < 1.29 is 13.2 Å². The van der Waals surface area contributed by atoms with Gasteiger partial charge in [-0.1, -0.05) is 13.8 Å². The maximum absolute atomic E-state index is 12.0. The van der Waals surface area contributed by atoms with Crippen molar-refractivity contribution in [1.82, 2.24) is 4.90 Å². The lowest BCUT2D eigenvalue weighted by Crippen LogP contribution is -2.43. The lowest BCUT2D eigenvalue weighted by Gasteiger charge is -2.27. The van der Waals surface area contributed by atoms with Gasteiger partial charge in [-0.05, 0) is 20.0 Å². The Bertz CT molecular complexity index is 107. The van der Waals surface area contributed by atoms with E-state index in [1.54, 1.807) is 13.8 Å². The molecule has 0 aliphatic heterocycles. The molecule has 0 aromatic rings. The summed E-state index contributed by atoms with van der Waals surface area (Å²) in [6, 6.07) is -1.32. The highest BCUT2D eigenvalue weighted by molar-refractivity contribution is 4.71. The number of hydrogen-bond acceptors (Lipinski definition) is 1. The average Bonchev–Trinajstić information content (AvgIpc) is 1.88. The minimum Gasteiger partial charge on any atom is -0.293 e. The van der Waals surface area contributed by atoms with Gasteiger partial charge >= 0.3 is 6.18 Å². The van der Waals surface area contributed by atoms with Crippen molar-refractivity contribution in [2.45, 2.75) is 33.0 Å². The first kappa shape index (κ1) is 10.8. The van der Waals surface area contributed by atoms with Gasteiger partial charge in [0, 0.05) is 0 Å². The number of nitrogens with zero attached hydrogens (tertiary/aromatic N) is 1. The van der Waals surface area contributed by atoms with E-state index in [1.165, 1.54) is 11.8 Å². The second-order valence-corrected chi connectivity index (χ2v) is 2.44. The van der Waals surface area contributed by atoms with Crippen LogP contribution in [-0.2, 0) is 0 Å². The highest BCUT2D eigenvalue weighted by Crippen LogP contribution is 2.23. The summed E-state index contributed by atoms with van der Waals surface area (Å²) in [5.74, 6) is 0. The van der Waals surface area contributed by atoms with Crippen LogP contribution in [0.5, 0.6) is 0 Å². The average molecular weight is 169 g/mol. The first-order valence-corrected chi connectivity index (χ1v) is 3.74. The lowest BCUT2D eigenvalue weighted by molar-refractivity contribution is -0.177. The van der Waals surface area contributed by atoms with E-state index in [0.717, 1.165) is 0 Å². The zero-order valence-electron chi connectivity index (χ0n) is 7.07. The molecule has 0 aliphatic rings. The molecule has 0 amide bonds. The van der Waals surface area contributed by atoms with Gasteiger partial charge in [-0.25, -0.2) is 0 Å². The van der Waals surface area contributed by atoms with Crippen molar-refractivity contribution in [3.63, 3.8) is 0 Å². The van der Waals surface area contributed by atoms with Crippen LogP contribution in [0.4, 0.5) is 13.2 Å². The van der Waals surface area contributed by atoms with Crippen LogP contribution in [0.25, 0.3) is 0 Å². The van der Waals surface area contributed by atoms with Gasteiger partial charge in [-0.15, -0.1) is 0 Å². The Morgan fingerprint density at radius 2 is 1.55 bits per heavy atom. The monoisotopic (exact) mass is 169 g/mol. The number of halogens is 3. The van der Waals surface area contributed by atoms with E-state index in [0.29, 0.717) is 13.1 Å². The zero-order valence-corrected chi connectivity index (χ0v) is 7.07. The molecule has 0 heterocycles. The van der Waals surface area contributed by atoms with Gasteiger partial charge in [-0.3, -0.25) is 4.90 Å².